The molecule has 8 nitrogen and oxygen atoms in total. The fourth-order valence-electron chi connectivity index (χ4n) is 2.82. The van der Waals surface area contributed by atoms with Crippen LogP contribution in [0.1, 0.15) is 91.9 Å². The van der Waals surface area contributed by atoms with Crippen molar-refractivity contribution in [2.24, 2.45) is 16.5 Å². The van der Waals surface area contributed by atoms with E-state index in [1.165, 1.54) is 38.5 Å². The van der Waals surface area contributed by atoms with Crippen LogP contribution in [0.15, 0.2) is 4.99 Å². The Morgan fingerprint density at radius 3 is 2.10 bits per heavy atom. The molecular formula is C21H43N5O3. The molecule has 0 aliphatic heterocycles. The Labute approximate surface area is 176 Å². The monoisotopic (exact) mass is 413 g/mol. The largest absolute Gasteiger partial charge is 0.444 e. The van der Waals surface area contributed by atoms with E-state index >= 15 is 0 Å². The lowest BCUT2D eigenvalue weighted by Crippen LogP contribution is -2.48. The molecule has 1 atom stereocenters. The number of alkyl carbamates (subject to hydrolysis) is 1. The van der Waals surface area contributed by atoms with Gasteiger partial charge in [-0.2, -0.15) is 0 Å². The standard InChI is InChI=1S/C21H43N5O3/c1-5-6-7-8-9-10-11-12-15-24-18(27)17(14-13-16-25-19(22)23)26-20(28)29-21(2,3)4/h17H,5-16H2,1-4H3,(H,24,27)(H,26,28)(H4,22,23,25)/t17-/m0/s1. The molecule has 0 spiro atoms. The number of aliphatic imine (C=N–C) groups is 1. The summed E-state index contributed by atoms with van der Waals surface area (Å²) in [5, 5.41) is 5.58. The normalized spacial score (nSPS) is 12.1. The van der Waals surface area contributed by atoms with E-state index in [4.69, 9.17) is 16.2 Å². The van der Waals surface area contributed by atoms with Gasteiger partial charge >= 0.3 is 6.09 Å². The number of nitrogens with zero attached hydrogens (tertiary/aromatic N) is 1. The van der Waals surface area contributed by atoms with Crippen LogP contribution in [-0.2, 0) is 9.53 Å². The van der Waals surface area contributed by atoms with Crippen molar-refractivity contribution < 1.29 is 14.3 Å². The SMILES string of the molecule is CCCCCCCCCCNC(=O)[C@H](CCCN=C(N)N)NC(=O)OC(C)(C)C. The van der Waals surface area contributed by atoms with Crippen LogP contribution in [0.2, 0.25) is 0 Å². The van der Waals surface area contributed by atoms with Gasteiger partial charge in [-0.25, -0.2) is 4.79 Å². The quantitative estimate of drug-likeness (QED) is 0.186. The number of hydrogen-bond donors (Lipinski definition) is 4. The first-order valence-electron chi connectivity index (χ1n) is 11.0. The van der Waals surface area contributed by atoms with Gasteiger partial charge in [0.15, 0.2) is 5.96 Å². The fourth-order valence-corrected chi connectivity index (χ4v) is 2.82. The minimum atomic E-state index is -0.673. The van der Waals surface area contributed by atoms with E-state index in [-0.39, 0.29) is 11.9 Å². The lowest BCUT2D eigenvalue weighted by Gasteiger charge is -2.23. The maximum absolute atomic E-state index is 12.5. The van der Waals surface area contributed by atoms with Crippen molar-refractivity contribution in [1.29, 1.82) is 0 Å². The van der Waals surface area contributed by atoms with E-state index < -0.39 is 17.7 Å². The number of carbonyl (C=O) groups is 2. The summed E-state index contributed by atoms with van der Waals surface area (Å²) in [5.74, 6) is -0.190. The molecule has 2 amide bonds. The number of amides is 2. The van der Waals surface area contributed by atoms with Gasteiger partial charge in [-0.3, -0.25) is 9.79 Å². The van der Waals surface area contributed by atoms with Crippen LogP contribution in [0.4, 0.5) is 4.79 Å². The van der Waals surface area contributed by atoms with Crippen LogP contribution in [0.25, 0.3) is 0 Å². The highest BCUT2D eigenvalue weighted by Crippen LogP contribution is 2.09. The van der Waals surface area contributed by atoms with Gasteiger partial charge in [-0.15, -0.1) is 0 Å². The summed E-state index contributed by atoms with van der Waals surface area (Å²) < 4.78 is 5.26. The Morgan fingerprint density at radius 1 is 0.966 bits per heavy atom. The molecule has 0 heterocycles. The molecule has 0 rings (SSSR count). The van der Waals surface area contributed by atoms with E-state index in [0.717, 1.165) is 12.8 Å². The summed E-state index contributed by atoms with van der Waals surface area (Å²) in [6, 6.07) is -0.673. The first-order chi connectivity index (χ1) is 13.7. The van der Waals surface area contributed by atoms with Gasteiger partial charge < -0.3 is 26.8 Å². The maximum atomic E-state index is 12.5. The number of ether oxygens (including phenoxy) is 1. The van der Waals surface area contributed by atoms with Crippen molar-refractivity contribution in [3.63, 3.8) is 0 Å². The third-order valence-electron chi connectivity index (χ3n) is 4.28. The molecule has 0 aromatic heterocycles. The lowest BCUT2D eigenvalue weighted by atomic mass is 10.1. The molecule has 6 N–H and O–H groups in total. The summed E-state index contributed by atoms with van der Waals surface area (Å²) >= 11 is 0. The number of nitrogens with one attached hydrogen (secondary N) is 2. The highest BCUT2D eigenvalue weighted by Gasteiger charge is 2.23. The van der Waals surface area contributed by atoms with E-state index in [9.17, 15) is 9.59 Å². The van der Waals surface area contributed by atoms with E-state index in [1.807, 2.05) is 0 Å². The van der Waals surface area contributed by atoms with Gasteiger partial charge in [-0.05, 0) is 40.0 Å². The Balaban J connectivity index is 4.30. The molecular weight excluding hydrogens is 370 g/mol. The van der Waals surface area contributed by atoms with Gasteiger partial charge in [0.2, 0.25) is 5.91 Å². The van der Waals surface area contributed by atoms with E-state index in [1.54, 1.807) is 20.8 Å². The molecule has 0 aliphatic carbocycles. The summed E-state index contributed by atoms with van der Waals surface area (Å²) in [7, 11) is 0. The minimum Gasteiger partial charge on any atom is -0.444 e. The average molecular weight is 414 g/mol. The summed E-state index contributed by atoms with van der Waals surface area (Å²) in [4.78, 5) is 28.5. The van der Waals surface area contributed by atoms with Gasteiger partial charge in [0.25, 0.3) is 0 Å². The smallest absolute Gasteiger partial charge is 0.408 e. The molecule has 0 bridgehead atoms. The third kappa shape index (κ3) is 17.8. The Bertz CT molecular complexity index is 485. The number of unbranched alkanes of at least 4 members (excludes halogenated alkanes) is 7. The van der Waals surface area contributed by atoms with E-state index in [0.29, 0.717) is 25.9 Å². The van der Waals surface area contributed by atoms with Crippen LogP contribution in [0, 0.1) is 0 Å². The number of hydrogen-bond acceptors (Lipinski definition) is 4. The van der Waals surface area contributed by atoms with E-state index in [2.05, 4.69) is 22.5 Å². The second-order valence-electron chi connectivity index (χ2n) is 8.41. The number of rotatable bonds is 15. The molecule has 0 radical (unpaired) electrons. The molecule has 0 saturated carbocycles. The number of guanidine groups is 1. The summed E-state index contributed by atoms with van der Waals surface area (Å²) in [5.41, 5.74) is 10.0. The van der Waals surface area contributed by atoms with Gasteiger partial charge in [-0.1, -0.05) is 51.9 Å². The highest BCUT2D eigenvalue weighted by molar-refractivity contribution is 5.85. The second kappa shape index (κ2) is 15.9. The highest BCUT2D eigenvalue weighted by atomic mass is 16.6. The number of carbonyl (C=O) groups excluding carboxylic acids is 2. The molecule has 0 fully saturated rings. The van der Waals surface area contributed by atoms with Crippen LogP contribution in [0.3, 0.4) is 0 Å². The molecule has 0 saturated heterocycles. The Kier molecular flexibility index (Phi) is 14.8. The molecule has 170 valence electrons. The van der Waals surface area contributed by atoms with Crippen LogP contribution < -0.4 is 22.1 Å². The lowest BCUT2D eigenvalue weighted by molar-refractivity contribution is -0.123. The van der Waals surface area contributed by atoms with Crippen LogP contribution in [0.5, 0.6) is 0 Å². The molecule has 29 heavy (non-hydrogen) atoms. The van der Waals surface area contributed by atoms with Gasteiger partial charge in [0.1, 0.15) is 11.6 Å². The fraction of sp³-hybridized carbons (Fsp3) is 0.857. The Morgan fingerprint density at radius 2 is 1.55 bits per heavy atom. The van der Waals surface area contributed by atoms with Crippen molar-refractivity contribution >= 4 is 18.0 Å². The first-order valence-corrected chi connectivity index (χ1v) is 11.0. The minimum absolute atomic E-state index is 0.0146. The topological polar surface area (TPSA) is 132 Å². The second-order valence-corrected chi connectivity index (χ2v) is 8.41. The predicted molar refractivity (Wildman–Crippen MR) is 119 cm³/mol. The van der Waals surface area contributed by atoms with Crippen molar-refractivity contribution in [1.82, 2.24) is 10.6 Å². The van der Waals surface area contributed by atoms with Gasteiger partial charge in [0.05, 0.1) is 0 Å². The van der Waals surface area contributed by atoms with Crippen molar-refractivity contribution in [3.05, 3.63) is 0 Å². The molecule has 0 aromatic carbocycles. The van der Waals surface area contributed by atoms with Crippen LogP contribution in [-0.4, -0.2) is 42.7 Å². The average Bonchev–Trinajstić information content (AvgIpc) is 2.61. The third-order valence-corrected chi connectivity index (χ3v) is 4.28. The summed E-state index contributed by atoms with van der Waals surface area (Å²) in [6.07, 6.45) is 10.0. The Hall–Kier alpha value is -1.99. The van der Waals surface area contributed by atoms with Crippen molar-refractivity contribution in [2.45, 2.75) is 104 Å². The predicted octanol–water partition coefficient (Wildman–Crippen LogP) is 3.19. The van der Waals surface area contributed by atoms with Crippen LogP contribution >= 0.6 is 0 Å². The zero-order valence-corrected chi connectivity index (χ0v) is 18.9. The molecule has 8 heteroatoms. The number of nitrogens with two attached hydrogens (primary N) is 2. The molecule has 0 unspecified atom stereocenters. The first kappa shape index (κ1) is 27.0. The zero-order chi connectivity index (χ0) is 22.1. The molecule has 0 aliphatic rings. The molecule has 0 aromatic rings. The van der Waals surface area contributed by atoms with Gasteiger partial charge in [0, 0.05) is 13.1 Å². The van der Waals surface area contributed by atoms with Crippen molar-refractivity contribution in [3.8, 4) is 0 Å². The maximum Gasteiger partial charge on any atom is 0.408 e. The zero-order valence-electron chi connectivity index (χ0n) is 18.9. The van der Waals surface area contributed by atoms with Crippen molar-refractivity contribution in [2.75, 3.05) is 13.1 Å². The summed E-state index contributed by atoms with van der Waals surface area (Å²) in [6.45, 7) is 8.57.